The maximum atomic E-state index is 12.0. The molecule has 0 bridgehead atoms. The predicted octanol–water partition coefficient (Wildman–Crippen LogP) is 3.13. The molecule has 1 atom stereocenters. The van der Waals surface area contributed by atoms with Crippen LogP contribution in [0.4, 0.5) is 0 Å². The predicted molar refractivity (Wildman–Crippen MR) is 79.6 cm³/mol. The first-order chi connectivity index (χ1) is 9.16. The zero-order valence-corrected chi connectivity index (χ0v) is 12.9. The normalized spacial score (nSPS) is 20.4. The van der Waals surface area contributed by atoms with E-state index in [-0.39, 0.29) is 5.78 Å². The Hall–Kier alpha value is -0.710. The fraction of sp³-hybridized carbons (Fsp3) is 0.533. The van der Waals surface area contributed by atoms with Crippen LogP contribution < -0.4 is 0 Å². The van der Waals surface area contributed by atoms with Crippen molar-refractivity contribution in [1.29, 1.82) is 0 Å². The van der Waals surface area contributed by atoms with Crippen LogP contribution in [0.2, 0.25) is 0 Å². The van der Waals surface area contributed by atoms with Gasteiger partial charge in [-0.05, 0) is 32.0 Å². The molecule has 2 rings (SSSR count). The van der Waals surface area contributed by atoms with E-state index >= 15 is 0 Å². The first kappa shape index (κ1) is 14.7. The van der Waals surface area contributed by atoms with Crippen molar-refractivity contribution >= 4 is 21.7 Å². The van der Waals surface area contributed by atoms with E-state index in [0.717, 1.165) is 42.8 Å². The summed E-state index contributed by atoms with van der Waals surface area (Å²) in [6, 6.07) is 8.05. The molecule has 1 fully saturated rings. The monoisotopic (exact) mass is 325 g/mol. The van der Waals surface area contributed by atoms with Crippen LogP contribution in [0.3, 0.4) is 0 Å². The van der Waals surface area contributed by atoms with E-state index in [4.69, 9.17) is 4.74 Å². The first-order valence-corrected chi connectivity index (χ1v) is 7.56. The summed E-state index contributed by atoms with van der Waals surface area (Å²) in [6.07, 6.45) is 1.53. The van der Waals surface area contributed by atoms with Gasteiger partial charge in [-0.25, -0.2) is 0 Å². The van der Waals surface area contributed by atoms with Crippen LogP contribution in [0.1, 0.15) is 30.1 Å². The van der Waals surface area contributed by atoms with Gasteiger partial charge in [-0.15, -0.1) is 0 Å². The number of ether oxygens (including phenoxy) is 1. The van der Waals surface area contributed by atoms with Crippen molar-refractivity contribution in [2.75, 3.05) is 26.3 Å². The molecule has 1 unspecified atom stereocenters. The van der Waals surface area contributed by atoms with Crippen LogP contribution in [-0.4, -0.2) is 43.0 Å². The van der Waals surface area contributed by atoms with Crippen LogP contribution in [0.25, 0.3) is 0 Å². The first-order valence-electron chi connectivity index (χ1n) is 6.77. The summed E-state index contributed by atoms with van der Waals surface area (Å²) >= 11 is 3.38. The number of morpholine rings is 1. The zero-order valence-electron chi connectivity index (χ0n) is 11.3. The second-order valence-corrected chi connectivity index (χ2v) is 5.91. The maximum Gasteiger partial charge on any atom is 0.162 e. The fourth-order valence-electron chi connectivity index (χ4n) is 2.32. The molecule has 19 heavy (non-hydrogen) atoms. The molecule has 0 saturated carbocycles. The number of rotatable bonds is 5. The van der Waals surface area contributed by atoms with Crippen LogP contribution in [-0.2, 0) is 4.74 Å². The Kier molecular flexibility index (Phi) is 5.55. The molecular formula is C15H20BrNO2. The summed E-state index contributed by atoms with van der Waals surface area (Å²) < 4.78 is 6.41. The van der Waals surface area contributed by atoms with Gasteiger partial charge in [0.1, 0.15) is 0 Å². The number of Topliss-reactive ketones (excluding diaryl/α,β-unsaturated/α-hetero) is 1. The largest absolute Gasteiger partial charge is 0.379 e. The summed E-state index contributed by atoms with van der Waals surface area (Å²) in [6.45, 7) is 5.75. The third-order valence-corrected chi connectivity index (χ3v) is 4.05. The lowest BCUT2D eigenvalue weighted by Crippen LogP contribution is -2.44. The topological polar surface area (TPSA) is 29.5 Å². The summed E-state index contributed by atoms with van der Waals surface area (Å²) in [5.74, 6) is 0.230. The highest BCUT2D eigenvalue weighted by molar-refractivity contribution is 9.10. The van der Waals surface area contributed by atoms with Gasteiger partial charge in [0.15, 0.2) is 5.78 Å². The Morgan fingerprint density at radius 1 is 1.42 bits per heavy atom. The molecule has 4 heteroatoms. The van der Waals surface area contributed by atoms with E-state index in [0.29, 0.717) is 12.5 Å². The van der Waals surface area contributed by atoms with Crippen LogP contribution >= 0.6 is 15.9 Å². The van der Waals surface area contributed by atoms with Crippen molar-refractivity contribution in [3.8, 4) is 0 Å². The SMILES string of the molecule is CC1COCCN1CCCC(=O)c1ccc(Br)cc1. The average Bonchev–Trinajstić information content (AvgIpc) is 2.41. The van der Waals surface area contributed by atoms with Gasteiger partial charge in [0.25, 0.3) is 0 Å². The molecule has 0 N–H and O–H groups in total. The maximum absolute atomic E-state index is 12.0. The second kappa shape index (κ2) is 7.17. The van der Waals surface area contributed by atoms with Crippen molar-refractivity contribution in [1.82, 2.24) is 4.90 Å². The van der Waals surface area contributed by atoms with Gasteiger partial charge < -0.3 is 4.74 Å². The highest BCUT2D eigenvalue weighted by atomic mass is 79.9. The third kappa shape index (κ3) is 4.41. The number of halogens is 1. The van der Waals surface area contributed by atoms with E-state index in [1.807, 2.05) is 24.3 Å². The molecule has 1 saturated heterocycles. The number of nitrogens with zero attached hydrogens (tertiary/aromatic N) is 1. The summed E-state index contributed by atoms with van der Waals surface area (Å²) in [7, 11) is 0. The number of carbonyl (C=O) groups excluding carboxylic acids is 1. The summed E-state index contributed by atoms with van der Waals surface area (Å²) in [4.78, 5) is 14.4. The second-order valence-electron chi connectivity index (χ2n) is 4.99. The Morgan fingerprint density at radius 2 is 2.16 bits per heavy atom. The van der Waals surface area contributed by atoms with Gasteiger partial charge >= 0.3 is 0 Å². The molecule has 0 radical (unpaired) electrons. The van der Waals surface area contributed by atoms with Crippen molar-refractivity contribution in [3.63, 3.8) is 0 Å². The Labute approximate surface area is 123 Å². The molecule has 0 aliphatic carbocycles. The quantitative estimate of drug-likeness (QED) is 0.779. The Balaban J connectivity index is 1.76. The van der Waals surface area contributed by atoms with Gasteiger partial charge in [-0.2, -0.15) is 0 Å². The Morgan fingerprint density at radius 3 is 2.84 bits per heavy atom. The third-order valence-electron chi connectivity index (χ3n) is 3.52. The molecule has 1 heterocycles. The minimum absolute atomic E-state index is 0.230. The summed E-state index contributed by atoms with van der Waals surface area (Å²) in [5.41, 5.74) is 0.804. The lowest BCUT2D eigenvalue weighted by molar-refractivity contribution is -0.000722. The molecular weight excluding hydrogens is 306 g/mol. The molecule has 1 aromatic carbocycles. The van der Waals surface area contributed by atoms with E-state index in [1.165, 1.54) is 0 Å². The molecule has 0 spiro atoms. The molecule has 3 nitrogen and oxygen atoms in total. The number of carbonyl (C=O) groups is 1. The lowest BCUT2D eigenvalue weighted by Gasteiger charge is -2.33. The molecule has 104 valence electrons. The van der Waals surface area contributed by atoms with E-state index in [9.17, 15) is 4.79 Å². The smallest absolute Gasteiger partial charge is 0.162 e. The van der Waals surface area contributed by atoms with Gasteiger partial charge in [-0.3, -0.25) is 9.69 Å². The molecule has 1 aliphatic rings. The lowest BCUT2D eigenvalue weighted by atomic mass is 10.1. The van der Waals surface area contributed by atoms with Crippen molar-refractivity contribution < 1.29 is 9.53 Å². The number of ketones is 1. The molecule has 0 amide bonds. The molecule has 1 aliphatic heterocycles. The average molecular weight is 326 g/mol. The Bertz CT molecular complexity index is 419. The van der Waals surface area contributed by atoms with Crippen LogP contribution in [0, 0.1) is 0 Å². The van der Waals surface area contributed by atoms with Crippen molar-refractivity contribution in [2.45, 2.75) is 25.8 Å². The van der Waals surface area contributed by atoms with Crippen LogP contribution in [0.15, 0.2) is 28.7 Å². The van der Waals surface area contributed by atoms with Crippen molar-refractivity contribution in [3.05, 3.63) is 34.3 Å². The fourth-order valence-corrected chi connectivity index (χ4v) is 2.58. The van der Waals surface area contributed by atoms with Gasteiger partial charge in [0, 0.05) is 29.0 Å². The van der Waals surface area contributed by atoms with E-state index < -0.39 is 0 Å². The zero-order chi connectivity index (χ0) is 13.7. The van der Waals surface area contributed by atoms with Crippen molar-refractivity contribution in [2.24, 2.45) is 0 Å². The number of hydrogen-bond acceptors (Lipinski definition) is 3. The van der Waals surface area contributed by atoms with Gasteiger partial charge in [-0.1, -0.05) is 28.1 Å². The standard InChI is InChI=1S/C15H20BrNO2/c1-12-11-19-10-9-17(12)8-2-3-15(18)13-4-6-14(16)7-5-13/h4-7,12H,2-3,8-11H2,1H3. The van der Waals surface area contributed by atoms with E-state index in [1.54, 1.807) is 0 Å². The number of benzene rings is 1. The molecule has 0 aromatic heterocycles. The van der Waals surface area contributed by atoms with Gasteiger partial charge in [0.05, 0.1) is 13.2 Å². The highest BCUT2D eigenvalue weighted by Crippen LogP contribution is 2.13. The van der Waals surface area contributed by atoms with Gasteiger partial charge in [0.2, 0.25) is 0 Å². The van der Waals surface area contributed by atoms with Crippen LogP contribution in [0.5, 0.6) is 0 Å². The van der Waals surface area contributed by atoms with E-state index in [2.05, 4.69) is 27.8 Å². The summed E-state index contributed by atoms with van der Waals surface area (Å²) in [5, 5.41) is 0. The minimum atomic E-state index is 0.230. The molecule has 1 aromatic rings. The number of hydrogen-bond donors (Lipinski definition) is 0. The minimum Gasteiger partial charge on any atom is -0.379 e. The highest BCUT2D eigenvalue weighted by Gasteiger charge is 2.18.